The Balaban J connectivity index is 1.93. The Morgan fingerprint density at radius 2 is 1.22 bits per heavy atom. The number of rotatable bonds is 2. The lowest BCUT2D eigenvalue weighted by atomic mass is 10.0. The number of anilines is 1. The zero-order chi connectivity index (χ0) is 15.6. The first-order valence-electron chi connectivity index (χ1n) is 7.62. The van der Waals surface area contributed by atoms with E-state index in [1.165, 1.54) is 5.56 Å². The Kier molecular flexibility index (Phi) is 3.28. The predicted octanol–water partition coefficient (Wildman–Crippen LogP) is 5.14. The summed E-state index contributed by atoms with van der Waals surface area (Å²) in [6.07, 6.45) is 4.28. The summed E-state index contributed by atoms with van der Waals surface area (Å²) < 4.78 is 0. The van der Waals surface area contributed by atoms with Gasteiger partial charge in [0.1, 0.15) is 0 Å². The highest BCUT2D eigenvalue weighted by Gasteiger charge is 2.05. The molecule has 0 aliphatic rings. The van der Waals surface area contributed by atoms with Gasteiger partial charge in [-0.1, -0.05) is 60.7 Å². The molecule has 110 valence electrons. The van der Waals surface area contributed by atoms with Gasteiger partial charge in [-0.25, -0.2) is 4.98 Å². The Hall–Kier alpha value is -3.13. The van der Waals surface area contributed by atoms with Gasteiger partial charge < -0.3 is 5.73 Å². The van der Waals surface area contributed by atoms with Crippen LogP contribution in [0.25, 0.3) is 34.0 Å². The molecular weight excluding hydrogens is 280 g/mol. The number of nitrogens with zero attached hydrogens (tertiary/aromatic N) is 1. The molecule has 0 aliphatic heterocycles. The van der Waals surface area contributed by atoms with Gasteiger partial charge in [0, 0.05) is 16.5 Å². The minimum atomic E-state index is 0.780. The first-order valence-corrected chi connectivity index (χ1v) is 7.62. The fourth-order valence-corrected chi connectivity index (χ4v) is 2.84. The molecule has 0 saturated carbocycles. The van der Waals surface area contributed by atoms with E-state index in [4.69, 9.17) is 10.7 Å². The number of nitrogen functional groups attached to an aromatic ring is 1. The third-order valence-electron chi connectivity index (χ3n) is 4.01. The van der Waals surface area contributed by atoms with E-state index in [0.29, 0.717) is 0 Å². The zero-order valence-corrected chi connectivity index (χ0v) is 12.6. The van der Waals surface area contributed by atoms with E-state index < -0.39 is 0 Å². The lowest BCUT2D eigenvalue weighted by molar-refractivity contribution is 1.49. The van der Waals surface area contributed by atoms with Crippen molar-refractivity contribution in [2.24, 2.45) is 0 Å². The molecule has 0 amide bonds. The van der Waals surface area contributed by atoms with Gasteiger partial charge in [-0.3, -0.25) is 0 Å². The quantitative estimate of drug-likeness (QED) is 0.411. The molecule has 23 heavy (non-hydrogen) atoms. The van der Waals surface area contributed by atoms with Crippen LogP contribution in [0.1, 0.15) is 11.1 Å². The van der Waals surface area contributed by atoms with Crippen LogP contribution in [0, 0.1) is 0 Å². The van der Waals surface area contributed by atoms with Crippen LogP contribution < -0.4 is 5.73 Å². The molecule has 0 unspecified atom stereocenters. The van der Waals surface area contributed by atoms with E-state index in [1.54, 1.807) is 0 Å². The monoisotopic (exact) mass is 296 g/mol. The molecule has 0 saturated heterocycles. The molecule has 2 nitrogen and oxygen atoms in total. The Bertz CT molecular complexity index is 961. The van der Waals surface area contributed by atoms with Crippen LogP contribution >= 0.6 is 0 Å². The second-order valence-electron chi connectivity index (χ2n) is 5.56. The first kappa shape index (κ1) is 13.5. The van der Waals surface area contributed by atoms with E-state index in [9.17, 15) is 0 Å². The lowest BCUT2D eigenvalue weighted by Crippen LogP contribution is -1.87. The fraction of sp³-hybridized carbons (Fsp3) is 0. The number of benzene rings is 3. The molecule has 2 N–H and O–H groups in total. The van der Waals surface area contributed by atoms with Gasteiger partial charge in [-0.05, 0) is 35.4 Å². The number of para-hydroxylation sites is 2. The molecule has 0 aliphatic carbocycles. The lowest BCUT2D eigenvalue weighted by Gasteiger charge is -2.07. The normalized spacial score (nSPS) is 11.5. The minimum absolute atomic E-state index is 0.780. The van der Waals surface area contributed by atoms with Gasteiger partial charge in [0.05, 0.1) is 11.0 Å². The van der Waals surface area contributed by atoms with E-state index in [1.807, 2.05) is 36.4 Å². The Morgan fingerprint density at radius 3 is 1.83 bits per heavy atom. The molecule has 0 bridgehead atoms. The number of aromatic nitrogens is 1. The summed E-state index contributed by atoms with van der Waals surface area (Å²) in [5.74, 6) is 0. The molecular formula is C21H16N2. The summed E-state index contributed by atoms with van der Waals surface area (Å²) in [4.78, 5) is 4.75. The number of nitrogens with two attached hydrogens (primary N) is 1. The van der Waals surface area contributed by atoms with Crippen molar-refractivity contribution in [1.82, 2.24) is 4.98 Å². The van der Waals surface area contributed by atoms with Crippen molar-refractivity contribution in [1.29, 1.82) is 0 Å². The van der Waals surface area contributed by atoms with Crippen LogP contribution in [0.15, 0.2) is 72.8 Å². The summed E-state index contributed by atoms with van der Waals surface area (Å²) in [5, 5.41) is 2.33. The van der Waals surface area contributed by atoms with Crippen molar-refractivity contribution in [2.45, 2.75) is 0 Å². The van der Waals surface area contributed by atoms with E-state index in [0.717, 1.165) is 33.1 Å². The topological polar surface area (TPSA) is 38.9 Å². The van der Waals surface area contributed by atoms with Crippen LogP contribution in [0.5, 0.6) is 0 Å². The van der Waals surface area contributed by atoms with Gasteiger partial charge >= 0.3 is 0 Å². The summed E-state index contributed by atoms with van der Waals surface area (Å²) in [7, 11) is 0. The molecule has 4 rings (SSSR count). The van der Waals surface area contributed by atoms with Crippen molar-refractivity contribution >= 4 is 39.6 Å². The van der Waals surface area contributed by atoms with Crippen molar-refractivity contribution in [3.63, 3.8) is 0 Å². The Labute approximate surface area is 134 Å². The second-order valence-corrected chi connectivity index (χ2v) is 5.56. The molecule has 3 aromatic carbocycles. The molecule has 4 aromatic rings. The van der Waals surface area contributed by atoms with Gasteiger partial charge in [-0.2, -0.15) is 0 Å². The van der Waals surface area contributed by atoms with Crippen LogP contribution in [0.2, 0.25) is 0 Å². The van der Waals surface area contributed by atoms with Crippen LogP contribution in [-0.4, -0.2) is 4.98 Å². The number of hydrogen-bond acceptors (Lipinski definition) is 2. The van der Waals surface area contributed by atoms with E-state index in [-0.39, 0.29) is 0 Å². The minimum Gasteiger partial charge on any atom is -0.399 e. The average Bonchev–Trinajstić information content (AvgIpc) is 2.60. The molecule has 0 fully saturated rings. The van der Waals surface area contributed by atoms with E-state index >= 15 is 0 Å². The molecule has 0 radical (unpaired) electrons. The summed E-state index contributed by atoms with van der Waals surface area (Å²) >= 11 is 0. The molecule has 0 spiro atoms. The second kappa shape index (κ2) is 5.58. The highest BCUT2D eigenvalue weighted by Crippen LogP contribution is 2.27. The third-order valence-corrected chi connectivity index (χ3v) is 4.01. The van der Waals surface area contributed by atoms with Crippen molar-refractivity contribution in [3.8, 4) is 0 Å². The van der Waals surface area contributed by atoms with Gasteiger partial charge in [0.2, 0.25) is 0 Å². The summed E-state index contributed by atoms with van der Waals surface area (Å²) in [6, 6.07) is 24.4. The zero-order valence-electron chi connectivity index (χ0n) is 12.6. The van der Waals surface area contributed by atoms with Crippen LogP contribution in [0.3, 0.4) is 0 Å². The number of pyridine rings is 1. The number of fused-ring (bicyclic) bond motifs is 2. The van der Waals surface area contributed by atoms with Crippen molar-refractivity contribution in [2.75, 3.05) is 5.73 Å². The highest BCUT2D eigenvalue weighted by atomic mass is 14.7. The summed E-state index contributed by atoms with van der Waals surface area (Å²) in [6.45, 7) is 0. The maximum absolute atomic E-state index is 5.75. The molecule has 1 heterocycles. The van der Waals surface area contributed by atoms with Crippen LogP contribution in [-0.2, 0) is 0 Å². The van der Waals surface area contributed by atoms with Crippen molar-refractivity contribution in [3.05, 3.63) is 83.9 Å². The smallest absolute Gasteiger partial charge is 0.0715 e. The van der Waals surface area contributed by atoms with Crippen LogP contribution in [0.4, 0.5) is 5.69 Å². The van der Waals surface area contributed by atoms with E-state index in [2.05, 4.69) is 48.6 Å². The predicted molar refractivity (Wildman–Crippen MR) is 99.0 cm³/mol. The number of hydrogen-bond donors (Lipinski definition) is 1. The maximum atomic E-state index is 5.75. The maximum Gasteiger partial charge on any atom is 0.0715 e. The SMILES string of the molecule is Nc1ccc(C=Cc2c3ccccc3nc3ccccc23)cc1. The molecule has 1 aromatic heterocycles. The summed E-state index contributed by atoms with van der Waals surface area (Å²) in [5.41, 5.74) is 10.9. The average molecular weight is 296 g/mol. The molecule has 2 heteroatoms. The van der Waals surface area contributed by atoms with Gasteiger partial charge in [0.25, 0.3) is 0 Å². The first-order chi connectivity index (χ1) is 11.3. The Morgan fingerprint density at radius 1 is 0.652 bits per heavy atom. The standard InChI is InChI=1S/C21H16N2/c22-16-12-9-15(10-13-16)11-14-17-18-5-1-3-7-20(18)23-21-8-4-2-6-19(17)21/h1-14H,22H2. The van der Waals surface area contributed by atoms with Crippen molar-refractivity contribution < 1.29 is 0 Å². The van der Waals surface area contributed by atoms with Gasteiger partial charge in [-0.15, -0.1) is 0 Å². The fourth-order valence-electron chi connectivity index (χ4n) is 2.84. The highest BCUT2D eigenvalue weighted by molar-refractivity contribution is 6.04. The third kappa shape index (κ3) is 2.55. The molecule has 0 atom stereocenters. The van der Waals surface area contributed by atoms with Gasteiger partial charge in [0.15, 0.2) is 0 Å². The largest absolute Gasteiger partial charge is 0.399 e.